The summed E-state index contributed by atoms with van der Waals surface area (Å²) in [5, 5.41) is 16.1. The lowest BCUT2D eigenvalue weighted by Crippen LogP contribution is -2.23. The average molecular weight is 280 g/mol. The topological polar surface area (TPSA) is 55.6 Å². The lowest BCUT2D eigenvalue weighted by Gasteiger charge is -2.14. The first-order chi connectivity index (χ1) is 9.17. The van der Waals surface area contributed by atoms with Gasteiger partial charge in [-0.25, -0.2) is 0 Å². The van der Waals surface area contributed by atoms with Crippen LogP contribution in [0.25, 0.3) is 0 Å². The highest BCUT2D eigenvalue weighted by atomic mass is 35.5. The Morgan fingerprint density at radius 1 is 1.26 bits per heavy atom. The first kappa shape index (κ1) is 14.0. The molecule has 102 valence electrons. The minimum absolute atomic E-state index is 0.440. The van der Waals surface area contributed by atoms with Crippen LogP contribution in [0.5, 0.6) is 0 Å². The summed E-state index contributed by atoms with van der Waals surface area (Å²) < 4.78 is 0. The molecule has 6 heteroatoms. The summed E-state index contributed by atoms with van der Waals surface area (Å²) in [6.45, 7) is 0.918. The normalized spacial score (nSPS) is 12.6. The summed E-state index contributed by atoms with van der Waals surface area (Å²) >= 11 is 5.90. The van der Waals surface area contributed by atoms with E-state index in [2.05, 4.69) is 32.9 Å². The Balaban J connectivity index is 2.01. The van der Waals surface area contributed by atoms with Crippen LogP contribution in [0.2, 0.25) is 5.02 Å². The zero-order chi connectivity index (χ0) is 13.7. The minimum atomic E-state index is 0.440. The largest absolute Gasteiger partial charge is 0.319 e. The van der Waals surface area contributed by atoms with Crippen molar-refractivity contribution in [1.82, 2.24) is 25.5 Å². The van der Waals surface area contributed by atoms with Crippen LogP contribution < -0.4 is 5.32 Å². The van der Waals surface area contributed by atoms with Crippen LogP contribution >= 0.6 is 11.6 Å². The third-order valence-electron chi connectivity index (χ3n) is 2.95. The number of aryl methyl sites for hydroxylation is 1. The Morgan fingerprint density at radius 3 is 2.58 bits per heavy atom. The maximum Gasteiger partial charge on any atom is 0.175 e. The molecule has 0 aliphatic carbocycles. The van der Waals surface area contributed by atoms with Crippen molar-refractivity contribution in [1.29, 1.82) is 0 Å². The van der Waals surface area contributed by atoms with Crippen LogP contribution in [-0.2, 0) is 19.9 Å². The molecule has 1 aromatic heterocycles. The number of hydrogen-bond acceptors (Lipinski definition) is 4. The maximum atomic E-state index is 5.90. The number of nitrogens with zero attached hydrogens (tertiary/aromatic N) is 4. The summed E-state index contributed by atoms with van der Waals surface area (Å²) in [6, 6.07) is 7.98. The van der Waals surface area contributed by atoms with Crippen molar-refractivity contribution in [2.75, 3.05) is 13.6 Å². The second kappa shape index (κ2) is 6.63. The molecule has 0 saturated carbocycles. The fraction of sp³-hybridized carbons (Fsp3) is 0.462. The van der Waals surface area contributed by atoms with Crippen LogP contribution in [0.1, 0.15) is 11.4 Å². The molecule has 0 spiro atoms. The molecule has 1 heterocycles. The van der Waals surface area contributed by atoms with Crippen LogP contribution in [0, 0.1) is 5.92 Å². The molecule has 0 amide bonds. The van der Waals surface area contributed by atoms with Crippen molar-refractivity contribution in [3.8, 4) is 0 Å². The van der Waals surface area contributed by atoms with Gasteiger partial charge < -0.3 is 5.32 Å². The highest BCUT2D eigenvalue weighted by molar-refractivity contribution is 6.30. The Kier molecular flexibility index (Phi) is 4.87. The minimum Gasteiger partial charge on any atom is -0.319 e. The van der Waals surface area contributed by atoms with Crippen molar-refractivity contribution in [3.05, 3.63) is 40.7 Å². The van der Waals surface area contributed by atoms with Gasteiger partial charge in [0.15, 0.2) is 5.82 Å². The molecule has 0 fully saturated rings. The molecule has 5 nitrogen and oxygen atoms in total. The van der Waals surface area contributed by atoms with Crippen molar-refractivity contribution >= 4 is 11.6 Å². The van der Waals surface area contributed by atoms with E-state index in [0.29, 0.717) is 5.92 Å². The van der Waals surface area contributed by atoms with E-state index in [-0.39, 0.29) is 0 Å². The summed E-state index contributed by atoms with van der Waals surface area (Å²) in [4.78, 5) is 1.49. The third-order valence-corrected chi connectivity index (χ3v) is 3.20. The molecule has 1 unspecified atom stereocenters. The zero-order valence-electron chi connectivity index (χ0n) is 11.2. The third kappa shape index (κ3) is 4.29. The SMILES string of the molecule is CNCC(Cc1ccc(Cl)cc1)Cc1nnn(C)n1. The summed E-state index contributed by atoms with van der Waals surface area (Å²) in [5.74, 6) is 1.23. The summed E-state index contributed by atoms with van der Waals surface area (Å²) in [5.41, 5.74) is 1.27. The molecule has 0 aliphatic heterocycles. The molecule has 2 rings (SSSR count). The van der Waals surface area contributed by atoms with Gasteiger partial charge in [-0.3, -0.25) is 0 Å². The van der Waals surface area contributed by atoms with E-state index in [0.717, 1.165) is 30.2 Å². The molecular formula is C13H18ClN5. The van der Waals surface area contributed by atoms with Gasteiger partial charge in [0.25, 0.3) is 0 Å². The van der Waals surface area contributed by atoms with Gasteiger partial charge in [0.2, 0.25) is 0 Å². The van der Waals surface area contributed by atoms with E-state index < -0.39 is 0 Å². The standard InChI is InChI=1S/C13H18ClN5/c1-15-9-11(8-13-16-18-19(2)17-13)7-10-3-5-12(14)6-4-10/h3-6,11,15H,7-9H2,1-2H3. The highest BCUT2D eigenvalue weighted by Gasteiger charge is 2.13. The van der Waals surface area contributed by atoms with Crippen LogP contribution in [0.4, 0.5) is 0 Å². The van der Waals surface area contributed by atoms with Gasteiger partial charge in [0, 0.05) is 11.4 Å². The molecule has 0 aliphatic rings. The van der Waals surface area contributed by atoms with Crippen molar-refractivity contribution in [2.24, 2.45) is 13.0 Å². The number of benzene rings is 1. The molecule has 1 atom stereocenters. The fourth-order valence-corrected chi connectivity index (χ4v) is 2.25. The van der Waals surface area contributed by atoms with Crippen LogP contribution in [0.3, 0.4) is 0 Å². The molecular weight excluding hydrogens is 262 g/mol. The van der Waals surface area contributed by atoms with E-state index in [1.54, 1.807) is 7.05 Å². The second-order valence-corrected chi connectivity index (χ2v) is 5.09. The summed E-state index contributed by atoms with van der Waals surface area (Å²) in [7, 11) is 3.74. The van der Waals surface area contributed by atoms with Gasteiger partial charge in [-0.2, -0.15) is 4.80 Å². The first-order valence-corrected chi connectivity index (χ1v) is 6.67. The molecule has 2 aromatic rings. The van der Waals surface area contributed by atoms with E-state index in [1.165, 1.54) is 10.4 Å². The first-order valence-electron chi connectivity index (χ1n) is 6.29. The average Bonchev–Trinajstić information content (AvgIpc) is 2.78. The van der Waals surface area contributed by atoms with Crippen molar-refractivity contribution in [3.63, 3.8) is 0 Å². The number of tetrazole rings is 1. The Labute approximate surface area is 118 Å². The quantitative estimate of drug-likeness (QED) is 0.870. The monoisotopic (exact) mass is 279 g/mol. The Morgan fingerprint density at radius 2 is 2.00 bits per heavy atom. The van der Waals surface area contributed by atoms with Gasteiger partial charge in [0.05, 0.1) is 7.05 Å². The molecule has 1 N–H and O–H groups in total. The van der Waals surface area contributed by atoms with Crippen molar-refractivity contribution < 1.29 is 0 Å². The van der Waals surface area contributed by atoms with Gasteiger partial charge in [-0.05, 0) is 48.8 Å². The number of nitrogens with one attached hydrogen (secondary N) is 1. The smallest absolute Gasteiger partial charge is 0.175 e. The predicted octanol–water partition coefficient (Wildman–Crippen LogP) is 1.48. The number of hydrogen-bond donors (Lipinski definition) is 1. The Bertz CT molecular complexity index is 508. The van der Waals surface area contributed by atoms with E-state index in [1.807, 2.05) is 19.2 Å². The van der Waals surface area contributed by atoms with Gasteiger partial charge >= 0.3 is 0 Å². The number of aromatic nitrogens is 4. The fourth-order valence-electron chi connectivity index (χ4n) is 2.12. The molecule has 0 saturated heterocycles. The predicted molar refractivity (Wildman–Crippen MR) is 75.1 cm³/mol. The number of halogens is 1. The van der Waals surface area contributed by atoms with E-state index in [9.17, 15) is 0 Å². The van der Waals surface area contributed by atoms with Gasteiger partial charge in [-0.1, -0.05) is 23.7 Å². The lowest BCUT2D eigenvalue weighted by molar-refractivity contribution is 0.481. The summed E-state index contributed by atoms with van der Waals surface area (Å²) in [6.07, 6.45) is 1.79. The molecule has 0 bridgehead atoms. The van der Waals surface area contributed by atoms with Crippen LogP contribution in [0.15, 0.2) is 24.3 Å². The molecule has 1 aromatic carbocycles. The van der Waals surface area contributed by atoms with E-state index in [4.69, 9.17) is 11.6 Å². The van der Waals surface area contributed by atoms with Gasteiger partial charge in [-0.15, -0.1) is 10.2 Å². The Hall–Kier alpha value is -1.46. The van der Waals surface area contributed by atoms with Gasteiger partial charge in [0.1, 0.15) is 0 Å². The highest BCUT2D eigenvalue weighted by Crippen LogP contribution is 2.15. The molecule has 0 radical (unpaired) electrons. The van der Waals surface area contributed by atoms with Crippen molar-refractivity contribution in [2.45, 2.75) is 12.8 Å². The lowest BCUT2D eigenvalue weighted by atomic mass is 9.96. The zero-order valence-corrected chi connectivity index (χ0v) is 11.9. The molecule has 19 heavy (non-hydrogen) atoms. The maximum absolute atomic E-state index is 5.90. The van der Waals surface area contributed by atoms with E-state index >= 15 is 0 Å². The second-order valence-electron chi connectivity index (χ2n) is 4.65. The number of rotatable bonds is 6. The van der Waals surface area contributed by atoms with Crippen LogP contribution in [-0.4, -0.2) is 33.8 Å².